The van der Waals surface area contributed by atoms with Gasteiger partial charge in [-0.05, 0) is 19.1 Å². The fraction of sp³-hybridized carbons (Fsp3) is 0.455. The Morgan fingerprint density at radius 2 is 2.00 bits per heavy atom. The third kappa shape index (κ3) is 11.0. The highest BCUT2D eigenvalue weighted by Crippen LogP contribution is 1.89. The minimum absolute atomic E-state index is 0.156. The summed E-state index contributed by atoms with van der Waals surface area (Å²) in [6, 6.07) is 0.156. The molecule has 0 aliphatic rings. The molecule has 1 atom stereocenters. The van der Waals surface area contributed by atoms with Crippen LogP contribution in [0.3, 0.4) is 0 Å². The Bertz CT molecular complexity index is 157. The van der Waals surface area contributed by atoms with Crippen molar-refractivity contribution in [1.29, 1.82) is 0 Å². The van der Waals surface area contributed by atoms with Gasteiger partial charge in [-0.15, -0.1) is 0 Å². The third-order valence-electron chi connectivity index (χ3n) is 1.15. The first kappa shape index (κ1) is 14.5. The average Bonchev–Trinajstić information content (AvgIpc) is 2.15. The van der Waals surface area contributed by atoms with Gasteiger partial charge < -0.3 is 11.1 Å². The standard InChI is InChI=1S/C9H16N2.C2H6/c1-4-6-9(5-2)11-7-8(3)10;1-2/h4-6,8,11H,1-2,7,10H2,3H3;1-2H3/b9-6+;. The molecule has 0 fully saturated rings. The van der Waals surface area contributed by atoms with Crippen LogP contribution >= 0.6 is 0 Å². The van der Waals surface area contributed by atoms with Crippen LogP contribution in [0.15, 0.2) is 37.1 Å². The van der Waals surface area contributed by atoms with Gasteiger partial charge in [-0.25, -0.2) is 0 Å². The van der Waals surface area contributed by atoms with E-state index in [1.165, 1.54) is 0 Å². The van der Waals surface area contributed by atoms with Gasteiger partial charge >= 0.3 is 0 Å². The topological polar surface area (TPSA) is 38.0 Å². The van der Waals surface area contributed by atoms with Crippen LogP contribution in [0.4, 0.5) is 0 Å². The number of nitrogens with two attached hydrogens (primary N) is 1. The van der Waals surface area contributed by atoms with Crippen LogP contribution in [0.5, 0.6) is 0 Å². The second-order valence-electron chi connectivity index (χ2n) is 2.42. The quantitative estimate of drug-likeness (QED) is 0.640. The summed E-state index contributed by atoms with van der Waals surface area (Å²) in [6.07, 6.45) is 5.31. The molecular weight excluding hydrogens is 160 g/mol. The summed E-state index contributed by atoms with van der Waals surface area (Å²) < 4.78 is 0. The minimum atomic E-state index is 0.156. The van der Waals surface area contributed by atoms with Crippen molar-refractivity contribution in [2.75, 3.05) is 6.54 Å². The number of nitrogens with one attached hydrogen (secondary N) is 1. The maximum atomic E-state index is 5.54. The zero-order chi connectivity index (χ0) is 10.7. The van der Waals surface area contributed by atoms with Crippen molar-refractivity contribution < 1.29 is 0 Å². The Hall–Kier alpha value is -1.02. The largest absolute Gasteiger partial charge is 0.384 e. The van der Waals surface area contributed by atoms with Crippen molar-refractivity contribution in [1.82, 2.24) is 5.32 Å². The van der Waals surface area contributed by atoms with Gasteiger partial charge in [0.15, 0.2) is 0 Å². The molecule has 76 valence electrons. The van der Waals surface area contributed by atoms with Crippen molar-refractivity contribution in [2.45, 2.75) is 26.8 Å². The molecule has 0 aliphatic carbocycles. The van der Waals surface area contributed by atoms with Crippen LogP contribution in [0.1, 0.15) is 20.8 Å². The SMILES string of the molecule is C=C/C=C(\C=C)NCC(C)N.CC. The Kier molecular flexibility index (Phi) is 12.2. The molecule has 0 amide bonds. The van der Waals surface area contributed by atoms with E-state index in [9.17, 15) is 0 Å². The fourth-order valence-corrected chi connectivity index (χ4v) is 0.605. The second-order valence-corrected chi connectivity index (χ2v) is 2.42. The lowest BCUT2D eigenvalue weighted by Crippen LogP contribution is -2.30. The predicted octanol–water partition coefficient (Wildman–Crippen LogP) is 2.21. The van der Waals surface area contributed by atoms with Crippen molar-refractivity contribution in [3.63, 3.8) is 0 Å². The van der Waals surface area contributed by atoms with Crippen LogP contribution in [-0.2, 0) is 0 Å². The highest BCUT2D eigenvalue weighted by atomic mass is 14.9. The molecule has 0 rings (SSSR count). The summed E-state index contributed by atoms with van der Waals surface area (Å²) in [6.45, 7) is 13.9. The number of rotatable bonds is 5. The maximum Gasteiger partial charge on any atom is 0.0334 e. The Labute approximate surface area is 82.2 Å². The monoisotopic (exact) mass is 182 g/mol. The third-order valence-corrected chi connectivity index (χ3v) is 1.15. The predicted molar refractivity (Wildman–Crippen MR) is 61.5 cm³/mol. The highest BCUT2D eigenvalue weighted by Gasteiger charge is 1.92. The van der Waals surface area contributed by atoms with Gasteiger partial charge in [-0.3, -0.25) is 0 Å². The van der Waals surface area contributed by atoms with Gasteiger partial charge in [-0.2, -0.15) is 0 Å². The molecule has 0 saturated carbocycles. The van der Waals surface area contributed by atoms with E-state index in [-0.39, 0.29) is 6.04 Å². The lowest BCUT2D eigenvalue weighted by molar-refractivity contribution is 0.674. The summed E-state index contributed by atoms with van der Waals surface area (Å²) in [5.74, 6) is 0. The molecule has 0 aromatic carbocycles. The molecule has 0 bridgehead atoms. The first-order chi connectivity index (χ1) is 6.20. The molecular formula is C11H22N2. The zero-order valence-corrected chi connectivity index (χ0v) is 9.01. The Morgan fingerprint density at radius 3 is 2.31 bits per heavy atom. The normalized spacial score (nSPS) is 12.2. The maximum absolute atomic E-state index is 5.54. The van der Waals surface area contributed by atoms with Gasteiger partial charge in [-0.1, -0.05) is 33.1 Å². The van der Waals surface area contributed by atoms with E-state index in [1.54, 1.807) is 12.2 Å². The molecule has 0 aliphatic heterocycles. The molecule has 13 heavy (non-hydrogen) atoms. The van der Waals surface area contributed by atoms with E-state index in [0.717, 1.165) is 12.2 Å². The molecule has 3 N–H and O–H groups in total. The minimum Gasteiger partial charge on any atom is -0.384 e. The summed E-state index contributed by atoms with van der Waals surface area (Å²) in [5.41, 5.74) is 6.50. The van der Waals surface area contributed by atoms with Crippen molar-refractivity contribution >= 4 is 0 Å². The zero-order valence-electron chi connectivity index (χ0n) is 9.01. The van der Waals surface area contributed by atoms with Gasteiger partial charge in [0.2, 0.25) is 0 Å². The van der Waals surface area contributed by atoms with E-state index in [4.69, 9.17) is 5.73 Å². The van der Waals surface area contributed by atoms with E-state index in [1.807, 2.05) is 26.8 Å². The van der Waals surface area contributed by atoms with Crippen LogP contribution < -0.4 is 11.1 Å². The molecule has 0 aromatic rings. The van der Waals surface area contributed by atoms with Gasteiger partial charge in [0.25, 0.3) is 0 Å². The van der Waals surface area contributed by atoms with E-state index < -0.39 is 0 Å². The van der Waals surface area contributed by atoms with Crippen molar-refractivity contribution in [3.05, 3.63) is 37.1 Å². The van der Waals surface area contributed by atoms with Gasteiger partial charge in [0.1, 0.15) is 0 Å². The van der Waals surface area contributed by atoms with Crippen LogP contribution in [-0.4, -0.2) is 12.6 Å². The number of hydrogen-bond acceptors (Lipinski definition) is 2. The molecule has 0 saturated heterocycles. The molecule has 2 heteroatoms. The summed E-state index contributed by atoms with van der Waals surface area (Å²) in [7, 11) is 0. The van der Waals surface area contributed by atoms with E-state index in [0.29, 0.717) is 0 Å². The number of allylic oxidation sites excluding steroid dienone is 3. The Balaban J connectivity index is 0. The molecule has 2 nitrogen and oxygen atoms in total. The highest BCUT2D eigenvalue weighted by molar-refractivity contribution is 5.19. The fourth-order valence-electron chi connectivity index (χ4n) is 0.605. The molecule has 1 unspecified atom stereocenters. The summed E-state index contributed by atoms with van der Waals surface area (Å²) in [4.78, 5) is 0. The lowest BCUT2D eigenvalue weighted by atomic mass is 10.3. The first-order valence-corrected chi connectivity index (χ1v) is 4.65. The summed E-state index contributed by atoms with van der Waals surface area (Å²) >= 11 is 0. The van der Waals surface area contributed by atoms with Gasteiger partial charge in [0.05, 0.1) is 0 Å². The summed E-state index contributed by atoms with van der Waals surface area (Å²) in [5, 5.41) is 3.12. The van der Waals surface area contributed by atoms with Crippen LogP contribution in [0.25, 0.3) is 0 Å². The Morgan fingerprint density at radius 1 is 1.46 bits per heavy atom. The average molecular weight is 182 g/mol. The molecule has 0 radical (unpaired) electrons. The smallest absolute Gasteiger partial charge is 0.0334 e. The van der Waals surface area contributed by atoms with E-state index >= 15 is 0 Å². The lowest BCUT2D eigenvalue weighted by Gasteiger charge is -2.08. The molecule has 0 heterocycles. The van der Waals surface area contributed by atoms with Gasteiger partial charge in [0, 0.05) is 18.3 Å². The van der Waals surface area contributed by atoms with E-state index in [2.05, 4.69) is 18.5 Å². The van der Waals surface area contributed by atoms with Crippen molar-refractivity contribution in [2.24, 2.45) is 5.73 Å². The van der Waals surface area contributed by atoms with Crippen LogP contribution in [0, 0.1) is 0 Å². The van der Waals surface area contributed by atoms with Crippen molar-refractivity contribution in [3.8, 4) is 0 Å². The molecule has 0 aromatic heterocycles. The first-order valence-electron chi connectivity index (χ1n) is 4.65. The molecule has 0 spiro atoms. The van der Waals surface area contributed by atoms with Crippen LogP contribution in [0.2, 0.25) is 0 Å². The number of hydrogen-bond donors (Lipinski definition) is 2. The second kappa shape index (κ2) is 11.0.